The second-order valence-corrected chi connectivity index (χ2v) is 8.60. The summed E-state index contributed by atoms with van der Waals surface area (Å²) < 4.78 is 1.02. The number of fused-ring (bicyclic) bond motifs is 2. The number of carbonyl (C=O) groups excluding carboxylic acids is 3. The van der Waals surface area contributed by atoms with Crippen LogP contribution in [0.15, 0.2) is 36.4 Å². The van der Waals surface area contributed by atoms with Crippen LogP contribution in [-0.4, -0.2) is 39.1 Å². The maximum Gasteiger partial charge on any atom is 0.282 e. The quantitative estimate of drug-likeness (QED) is 0.235. The molecule has 2 heterocycles. The normalized spacial score (nSPS) is 13.0. The SMILES string of the molecule is Cc1ccc2nc(NC(=O)CCCCCN3C(=O)c4cccc([N+](=O)[O-])c4C3=O)sc2c1. The summed E-state index contributed by atoms with van der Waals surface area (Å²) in [5, 5.41) is 14.5. The Morgan fingerprint density at radius 3 is 2.75 bits per heavy atom. The van der Waals surface area contributed by atoms with Crippen molar-refractivity contribution in [2.45, 2.75) is 32.6 Å². The van der Waals surface area contributed by atoms with E-state index >= 15 is 0 Å². The number of anilines is 1. The van der Waals surface area contributed by atoms with Crippen molar-refractivity contribution in [3.63, 3.8) is 0 Å². The fraction of sp³-hybridized carbons (Fsp3) is 0.273. The van der Waals surface area contributed by atoms with Crippen LogP contribution < -0.4 is 5.32 Å². The minimum atomic E-state index is -0.654. The number of nitrogens with zero attached hydrogens (tertiary/aromatic N) is 3. The first-order valence-corrected chi connectivity index (χ1v) is 11.0. The lowest BCUT2D eigenvalue weighted by molar-refractivity contribution is -0.385. The minimum Gasteiger partial charge on any atom is -0.302 e. The van der Waals surface area contributed by atoms with E-state index in [-0.39, 0.29) is 29.3 Å². The fourth-order valence-electron chi connectivity index (χ4n) is 3.67. The number of nitro groups is 1. The molecule has 9 nitrogen and oxygen atoms in total. The molecule has 4 rings (SSSR count). The minimum absolute atomic E-state index is 0.0645. The van der Waals surface area contributed by atoms with E-state index < -0.39 is 16.7 Å². The van der Waals surface area contributed by atoms with Gasteiger partial charge in [-0.15, -0.1) is 0 Å². The molecule has 1 N–H and O–H groups in total. The summed E-state index contributed by atoms with van der Waals surface area (Å²) in [6, 6.07) is 9.97. The molecule has 0 saturated carbocycles. The van der Waals surface area contributed by atoms with Crippen molar-refractivity contribution in [3.05, 3.63) is 63.2 Å². The summed E-state index contributed by atoms with van der Waals surface area (Å²) in [6.07, 6.45) is 2.01. The Hall–Kier alpha value is -3.66. The maximum atomic E-state index is 12.5. The second-order valence-electron chi connectivity index (χ2n) is 7.57. The third-order valence-corrected chi connectivity index (χ3v) is 6.18. The molecule has 2 aromatic carbocycles. The molecule has 0 radical (unpaired) electrons. The largest absolute Gasteiger partial charge is 0.302 e. The monoisotopic (exact) mass is 452 g/mol. The number of nitro benzene ring substituents is 1. The topological polar surface area (TPSA) is 123 Å². The lowest BCUT2D eigenvalue weighted by Crippen LogP contribution is -2.30. The predicted molar refractivity (Wildman–Crippen MR) is 120 cm³/mol. The highest BCUT2D eigenvalue weighted by Crippen LogP contribution is 2.31. The molecule has 3 amide bonds. The first-order chi connectivity index (χ1) is 15.3. The fourth-order valence-corrected chi connectivity index (χ4v) is 4.65. The van der Waals surface area contributed by atoms with E-state index in [4.69, 9.17) is 0 Å². The number of hydrogen-bond acceptors (Lipinski definition) is 7. The van der Waals surface area contributed by atoms with Crippen molar-refractivity contribution in [2.75, 3.05) is 11.9 Å². The molecule has 0 spiro atoms. The van der Waals surface area contributed by atoms with Gasteiger partial charge in [0.1, 0.15) is 5.56 Å². The van der Waals surface area contributed by atoms with Gasteiger partial charge in [0.25, 0.3) is 17.5 Å². The van der Waals surface area contributed by atoms with E-state index in [0.717, 1.165) is 20.7 Å². The highest BCUT2D eigenvalue weighted by atomic mass is 32.1. The van der Waals surface area contributed by atoms with E-state index in [9.17, 15) is 24.5 Å². The van der Waals surface area contributed by atoms with Crippen LogP contribution in [0.4, 0.5) is 10.8 Å². The Bertz CT molecular complexity index is 1250. The number of benzene rings is 2. The van der Waals surface area contributed by atoms with Crippen LogP contribution in [-0.2, 0) is 4.79 Å². The van der Waals surface area contributed by atoms with Gasteiger partial charge in [0, 0.05) is 19.0 Å². The van der Waals surface area contributed by atoms with E-state index in [1.165, 1.54) is 29.5 Å². The third-order valence-electron chi connectivity index (χ3n) is 5.25. The number of nitrogens with one attached hydrogen (secondary N) is 1. The highest BCUT2D eigenvalue weighted by molar-refractivity contribution is 7.22. The number of carbonyl (C=O) groups is 3. The molecule has 0 bridgehead atoms. The molecule has 0 atom stereocenters. The Balaban J connectivity index is 1.25. The van der Waals surface area contributed by atoms with Gasteiger partial charge in [-0.3, -0.25) is 29.4 Å². The van der Waals surface area contributed by atoms with Gasteiger partial charge in [-0.1, -0.05) is 29.9 Å². The molecule has 0 unspecified atom stereocenters. The van der Waals surface area contributed by atoms with Crippen LogP contribution in [0.3, 0.4) is 0 Å². The summed E-state index contributed by atoms with van der Waals surface area (Å²) >= 11 is 1.43. The van der Waals surface area contributed by atoms with E-state index in [1.54, 1.807) is 0 Å². The van der Waals surface area contributed by atoms with Gasteiger partial charge in [-0.25, -0.2) is 4.98 Å². The zero-order chi connectivity index (χ0) is 22.8. The number of imide groups is 1. The van der Waals surface area contributed by atoms with Gasteiger partial charge >= 0.3 is 0 Å². The Kier molecular flexibility index (Phi) is 5.95. The van der Waals surface area contributed by atoms with Crippen LogP contribution in [0, 0.1) is 17.0 Å². The Morgan fingerprint density at radius 1 is 1.16 bits per heavy atom. The van der Waals surface area contributed by atoms with Crippen LogP contribution in [0.25, 0.3) is 10.2 Å². The third kappa shape index (κ3) is 4.22. The number of thiazole rings is 1. The van der Waals surface area contributed by atoms with Crippen molar-refractivity contribution in [1.29, 1.82) is 0 Å². The van der Waals surface area contributed by atoms with Crippen molar-refractivity contribution >= 4 is 50.1 Å². The molecule has 0 saturated heterocycles. The summed E-state index contributed by atoms with van der Waals surface area (Å²) in [6.45, 7) is 2.16. The van der Waals surface area contributed by atoms with Gasteiger partial charge in [0.2, 0.25) is 5.91 Å². The lowest BCUT2D eigenvalue weighted by atomic mass is 10.1. The summed E-state index contributed by atoms with van der Waals surface area (Å²) in [5.41, 5.74) is 1.54. The number of aromatic nitrogens is 1. The van der Waals surface area contributed by atoms with Gasteiger partial charge in [0.15, 0.2) is 5.13 Å². The zero-order valence-electron chi connectivity index (χ0n) is 17.3. The summed E-state index contributed by atoms with van der Waals surface area (Å²) in [4.78, 5) is 53.2. The first kappa shape index (κ1) is 21.6. The predicted octanol–water partition coefficient (Wildman–Crippen LogP) is 4.31. The molecule has 1 aliphatic rings. The van der Waals surface area contributed by atoms with Crippen LogP contribution in [0.5, 0.6) is 0 Å². The van der Waals surface area contributed by atoms with E-state index in [0.29, 0.717) is 30.8 Å². The van der Waals surface area contributed by atoms with Gasteiger partial charge < -0.3 is 5.32 Å². The van der Waals surface area contributed by atoms with Crippen LogP contribution >= 0.6 is 11.3 Å². The number of amides is 3. The van der Waals surface area contributed by atoms with Gasteiger partial charge in [0.05, 0.1) is 20.7 Å². The van der Waals surface area contributed by atoms with E-state index in [2.05, 4.69) is 10.3 Å². The average molecular weight is 452 g/mol. The van der Waals surface area contributed by atoms with Gasteiger partial charge in [-0.05, 0) is 43.5 Å². The van der Waals surface area contributed by atoms with Crippen molar-refractivity contribution in [2.24, 2.45) is 0 Å². The highest BCUT2D eigenvalue weighted by Gasteiger charge is 2.40. The first-order valence-electron chi connectivity index (χ1n) is 10.2. The van der Waals surface area contributed by atoms with Crippen molar-refractivity contribution in [3.8, 4) is 0 Å². The molecule has 164 valence electrons. The second kappa shape index (κ2) is 8.83. The number of hydrogen-bond donors (Lipinski definition) is 1. The Morgan fingerprint density at radius 2 is 1.97 bits per heavy atom. The molecular formula is C22H20N4O5S. The summed E-state index contributed by atoms with van der Waals surface area (Å²) in [5.74, 6) is -1.30. The smallest absolute Gasteiger partial charge is 0.282 e. The Labute approximate surface area is 187 Å². The van der Waals surface area contributed by atoms with Crippen LogP contribution in [0.1, 0.15) is 52.0 Å². The van der Waals surface area contributed by atoms with E-state index in [1.807, 2.05) is 25.1 Å². The van der Waals surface area contributed by atoms with Crippen molar-refractivity contribution < 1.29 is 19.3 Å². The van der Waals surface area contributed by atoms with Crippen molar-refractivity contribution in [1.82, 2.24) is 9.88 Å². The number of aryl methyl sites for hydroxylation is 1. The molecule has 1 aromatic heterocycles. The molecule has 0 aliphatic carbocycles. The molecule has 1 aliphatic heterocycles. The molecular weight excluding hydrogens is 432 g/mol. The van der Waals surface area contributed by atoms with Crippen LogP contribution in [0.2, 0.25) is 0 Å². The molecule has 3 aromatic rings. The molecule has 10 heteroatoms. The average Bonchev–Trinajstić information content (AvgIpc) is 3.25. The standard InChI is InChI=1S/C22H20N4O5S/c1-13-9-10-15-17(12-13)32-22(23-15)24-18(27)8-3-2-4-11-25-20(28)14-6-5-7-16(26(30)31)19(14)21(25)29/h5-7,9-10,12H,2-4,8,11H2,1H3,(H,23,24,27). The lowest BCUT2D eigenvalue weighted by Gasteiger charge is -2.13. The molecule has 32 heavy (non-hydrogen) atoms. The van der Waals surface area contributed by atoms with Gasteiger partial charge in [-0.2, -0.15) is 0 Å². The zero-order valence-corrected chi connectivity index (χ0v) is 18.1. The summed E-state index contributed by atoms with van der Waals surface area (Å²) in [7, 11) is 0. The number of unbranched alkanes of at least 4 members (excludes halogenated alkanes) is 2. The maximum absolute atomic E-state index is 12.5. The molecule has 0 fully saturated rings. The number of rotatable bonds is 8.